The van der Waals surface area contributed by atoms with Crippen molar-refractivity contribution in [3.63, 3.8) is 0 Å². The van der Waals surface area contributed by atoms with E-state index in [-0.39, 0.29) is 17.0 Å². The first-order valence-corrected chi connectivity index (χ1v) is 6.56. The van der Waals surface area contributed by atoms with Crippen LogP contribution in [-0.2, 0) is 6.42 Å². The van der Waals surface area contributed by atoms with Crippen molar-refractivity contribution in [3.05, 3.63) is 68.7 Å². The number of ketones is 1. The molecule has 0 spiro atoms. The predicted octanol–water partition coefficient (Wildman–Crippen LogP) is 4.81. The molecule has 0 atom stereocenters. The van der Waals surface area contributed by atoms with Gasteiger partial charge in [-0.3, -0.25) is 4.79 Å². The van der Waals surface area contributed by atoms with E-state index in [1.54, 1.807) is 6.07 Å². The Labute approximate surface area is 122 Å². The minimum Gasteiger partial charge on any atom is -0.294 e. The van der Waals surface area contributed by atoms with Crippen molar-refractivity contribution >= 4 is 33.3 Å². The van der Waals surface area contributed by atoms with Crippen LogP contribution < -0.4 is 0 Å². The zero-order valence-electron chi connectivity index (χ0n) is 9.59. The van der Waals surface area contributed by atoms with Crippen molar-refractivity contribution in [1.29, 1.82) is 0 Å². The van der Waals surface area contributed by atoms with Crippen molar-refractivity contribution in [2.75, 3.05) is 0 Å². The Morgan fingerprint density at radius 1 is 1.11 bits per heavy atom. The van der Waals surface area contributed by atoms with E-state index in [2.05, 4.69) is 15.9 Å². The lowest BCUT2D eigenvalue weighted by Gasteiger charge is -2.04. The number of rotatable bonds is 3. The van der Waals surface area contributed by atoms with Gasteiger partial charge in [0.05, 0.1) is 10.6 Å². The van der Waals surface area contributed by atoms with Crippen LogP contribution in [0.3, 0.4) is 0 Å². The molecule has 2 aromatic rings. The van der Waals surface area contributed by atoms with Crippen LogP contribution in [0.1, 0.15) is 15.9 Å². The first kappa shape index (κ1) is 14.2. The molecule has 0 aliphatic heterocycles. The molecule has 0 heterocycles. The Kier molecular flexibility index (Phi) is 4.32. The molecule has 0 saturated heterocycles. The number of hydrogen-bond acceptors (Lipinski definition) is 1. The first-order chi connectivity index (χ1) is 8.97. The normalized spacial score (nSPS) is 10.5. The zero-order valence-corrected chi connectivity index (χ0v) is 11.9. The lowest BCUT2D eigenvalue weighted by molar-refractivity contribution is 0.0989. The van der Waals surface area contributed by atoms with Crippen molar-refractivity contribution in [2.24, 2.45) is 0 Å². The SMILES string of the molecule is O=C(Cc1ccc(Cl)c(F)c1)c1cc(Br)ccc1F. The highest BCUT2D eigenvalue weighted by Crippen LogP contribution is 2.20. The summed E-state index contributed by atoms with van der Waals surface area (Å²) in [4.78, 5) is 12.0. The van der Waals surface area contributed by atoms with Crippen molar-refractivity contribution in [1.82, 2.24) is 0 Å². The molecule has 0 fully saturated rings. The van der Waals surface area contributed by atoms with E-state index in [4.69, 9.17) is 11.6 Å². The van der Waals surface area contributed by atoms with Gasteiger partial charge in [0.25, 0.3) is 0 Å². The molecule has 1 nitrogen and oxygen atoms in total. The van der Waals surface area contributed by atoms with E-state index in [0.717, 1.165) is 0 Å². The number of halogens is 4. The van der Waals surface area contributed by atoms with Crippen LogP contribution in [0, 0.1) is 11.6 Å². The lowest BCUT2D eigenvalue weighted by Crippen LogP contribution is -2.06. The van der Waals surface area contributed by atoms with Gasteiger partial charge in [0.2, 0.25) is 0 Å². The number of carbonyl (C=O) groups excluding carboxylic acids is 1. The summed E-state index contributed by atoms with van der Waals surface area (Å²) in [5.74, 6) is -1.61. The second-order valence-corrected chi connectivity index (χ2v) is 5.30. The van der Waals surface area contributed by atoms with Gasteiger partial charge >= 0.3 is 0 Å². The Hall–Kier alpha value is -1.26. The molecule has 0 aliphatic carbocycles. The predicted molar refractivity (Wildman–Crippen MR) is 73.5 cm³/mol. The fraction of sp³-hybridized carbons (Fsp3) is 0.0714. The van der Waals surface area contributed by atoms with Gasteiger partial charge in [0, 0.05) is 10.9 Å². The summed E-state index contributed by atoms with van der Waals surface area (Å²) >= 11 is 8.73. The Morgan fingerprint density at radius 3 is 2.53 bits per heavy atom. The van der Waals surface area contributed by atoms with Gasteiger partial charge in [0.15, 0.2) is 5.78 Å². The molecular weight excluding hydrogens is 338 g/mol. The minimum atomic E-state index is -0.596. The quantitative estimate of drug-likeness (QED) is 0.730. The summed E-state index contributed by atoms with van der Waals surface area (Å²) in [6.45, 7) is 0. The molecule has 0 radical (unpaired) electrons. The van der Waals surface area contributed by atoms with Crippen molar-refractivity contribution in [2.45, 2.75) is 6.42 Å². The van der Waals surface area contributed by atoms with Crippen LogP contribution in [0.5, 0.6) is 0 Å². The summed E-state index contributed by atoms with van der Waals surface area (Å²) in [6.07, 6.45) is -0.0819. The van der Waals surface area contributed by atoms with Gasteiger partial charge in [-0.1, -0.05) is 33.6 Å². The van der Waals surface area contributed by atoms with E-state index in [0.29, 0.717) is 10.0 Å². The lowest BCUT2D eigenvalue weighted by atomic mass is 10.0. The Bertz CT molecular complexity index is 643. The maximum absolute atomic E-state index is 13.5. The molecule has 19 heavy (non-hydrogen) atoms. The molecule has 0 aromatic heterocycles. The largest absolute Gasteiger partial charge is 0.294 e. The van der Waals surface area contributed by atoms with Crippen LogP contribution in [-0.4, -0.2) is 5.78 Å². The smallest absolute Gasteiger partial charge is 0.170 e. The second kappa shape index (κ2) is 5.80. The van der Waals surface area contributed by atoms with Crippen LogP contribution in [0.2, 0.25) is 5.02 Å². The van der Waals surface area contributed by atoms with Crippen LogP contribution in [0.15, 0.2) is 40.9 Å². The molecule has 0 aliphatic rings. The summed E-state index contributed by atoms with van der Waals surface area (Å²) in [7, 11) is 0. The Morgan fingerprint density at radius 2 is 1.84 bits per heavy atom. The summed E-state index contributed by atoms with van der Waals surface area (Å²) < 4.78 is 27.4. The number of carbonyl (C=O) groups is 1. The van der Waals surface area contributed by atoms with Crippen LogP contribution >= 0.6 is 27.5 Å². The van der Waals surface area contributed by atoms with Gasteiger partial charge in [-0.2, -0.15) is 0 Å². The fourth-order valence-electron chi connectivity index (χ4n) is 1.64. The molecule has 98 valence electrons. The molecule has 0 bridgehead atoms. The molecule has 2 aromatic carbocycles. The van der Waals surface area contributed by atoms with Gasteiger partial charge in [-0.25, -0.2) is 8.78 Å². The van der Waals surface area contributed by atoms with E-state index in [1.807, 2.05) is 0 Å². The van der Waals surface area contributed by atoms with Gasteiger partial charge < -0.3 is 0 Å². The molecule has 0 amide bonds. The maximum atomic E-state index is 13.5. The molecule has 0 N–H and O–H groups in total. The summed E-state index contributed by atoms with van der Waals surface area (Å²) in [5.41, 5.74) is 0.427. The molecular formula is C14H8BrClF2O. The van der Waals surface area contributed by atoms with Crippen molar-refractivity contribution in [3.8, 4) is 0 Å². The molecule has 2 rings (SSSR count). The van der Waals surface area contributed by atoms with Crippen LogP contribution in [0.25, 0.3) is 0 Å². The Balaban J connectivity index is 2.25. The third-order valence-corrected chi connectivity index (χ3v) is 3.38. The van der Waals surface area contributed by atoms with Gasteiger partial charge in [0.1, 0.15) is 11.6 Å². The molecule has 5 heteroatoms. The third kappa shape index (κ3) is 3.39. The monoisotopic (exact) mass is 344 g/mol. The van der Waals surface area contributed by atoms with Crippen LogP contribution in [0.4, 0.5) is 8.78 Å². The highest BCUT2D eigenvalue weighted by atomic mass is 79.9. The molecule has 0 unspecified atom stereocenters. The average molecular weight is 346 g/mol. The number of hydrogen-bond donors (Lipinski definition) is 0. The minimum absolute atomic E-state index is 0.00941. The summed E-state index contributed by atoms with van der Waals surface area (Å²) in [6, 6.07) is 8.21. The van der Waals surface area contributed by atoms with Gasteiger partial charge in [-0.15, -0.1) is 0 Å². The van der Waals surface area contributed by atoms with E-state index < -0.39 is 17.4 Å². The molecule has 0 saturated carbocycles. The third-order valence-electron chi connectivity index (χ3n) is 2.58. The van der Waals surface area contributed by atoms with E-state index >= 15 is 0 Å². The van der Waals surface area contributed by atoms with Crippen molar-refractivity contribution < 1.29 is 13.6 Å². The zero-order chi connectivity index (χ0) is 14.0. The maximum Gasteiger partial charge on any atom is 0.170 e. The van der Waals surface area contributed by atoms with E-state index in [9.17, 15) is 13.6 Å². The number of Topliss-reactive ketones (excluding diaryl/α,β-unsaturated/α-hetero) is 1. The highest BCUT2D eigenvalue weighted by Gasteiger charge is 2.13. The first-order valence-electron chi connectivity index (χ1n) is 5.39. The van der Waals surface area contributed by atoms with E-state index in [1.165, 1.54) is 30.3 Å². The topological polar surface area (TPSA) is 17.1 Å². The fourth-order valence-corrected chi connectivity index (χ4v) is 2.12. The highest BCUT2D eigenvalue weighted by molar-refractivity contribution is 9.10. The van der Waals surface area contributed by atoms with Gasteiger partial charge in [-0.05, 0) is 35.9 Å². The standard InChI is InChI=1S/C14H8BrClF2O/c15-9-2-4-12(17)10(7-9)14(19)6-8-1-3-11(16)13(18)5-8/h1-5,7H,6H2. The summed E-state index contributed by atoms with van der Waals surface area (Å²) in [5, 5.41) is -0.00941. The average Bonchev–Trinajstić information content (AvgIpc) is 2.36. The number of benzene rings is 2. The second-order valence-electron chi connectivity index (χ2n) is 3.97.